The Morgan fingerprint density at radius 1 is 1.19 bits per heavy atom. The van der Waals surface area contributed by atoms with Gasteiger partial charge in [-0.15, -0.1) is 10.2 Å². The predicted octanol–water partition coefficient (Wildman–Crippen LogP) is 5.39. The van der Waals surface area contributed by atoms with Gasteiger partial charge in [0.2, 0.25) is 0 Å². The van der Waals surface area contributed by atoms with Crippen LogP contribution in [0.4, 0.5) is 0 Å². The first kappa shape index (κ1) is 27.8. The predicted molar refractivity (Wildman–Crippen MR) is 145 cm³/mol. The van der Waals surface area contributed by atoms with E-state index in [0.29, 0.717) is 43.2 Å². The van der Waals surface area contributed by atoms with Crippen LogP contribution in [0.25, 0.3) is 17.5 Å². The molecule has 0 aliphatic heterocycles. The van der Waals surface area contributed by atoms with Gasteiger partial charge in [-0.25, -0.2) is 9.59 Å². The molecule has 3 aromatic rings. The van der Waals surface area contributed by atoms with Gasteiger partial charge in [-0.1, -0.05) is 11.6 Å². The quantitative estimate of drug-likeness (QED) is 0.127. The highest BCUT2D eigenvalue weighted by molar-refractivity contribution is 14.1. The van der Waals surface area contributed by atoms with Gasteiger partial charge >= 0.3 is 11.9 Å². The Morgan fingerprint density at radius 2 is 1.92 bits per heavy atom. The van der Waals surface area contributed by atoms with E-state index in [9.17, 15) is 14.7 Å². The van der Waals surface area contributed by atoms with E-state index in [1.807, 2.05) is 46.2 Å². The zero-order valence-electron chi connectivity index (χ0n) is 19.7. The van der Waals surface area contributed by atoms with Crippen molar-refractivity contribution in [2.45, 2.75) is 25.5 Å². The zero-order valence-corrected chi connectivity index (χ0v) is 23.4. The van der Waals surface area contributed by atoms with Gasteiger partial charge in [0.15, 0.2) is 29.1 Å². The fraction of sp³-hybridized carbons (Fsp3) is 0.250. The third kappa shape index (κ3) is 6.92. The van der Waals surface area contributed by atoms with Crippen molar-refractivity contribution in [3.63, 3.8) is 0 Å². The second-order valence-corrected chi connectivity index (χ2v) is 9.71. The van der Waals surface area contributed by atoms with Gasteiger partial charge in [-0.2, -0.15) is 0 Å². The molecule has 0 saturated heterocycles. The molecule has 0 aliphatic rings. The van der Waals surface area contributed by atoms with E-state index in [0.717, 1.165) is 17.3 Å². The van der Waals surface area contributed by atoms with E-state index in [1.54, 1.807) is 31.2 Å². The average molecular weight is 644 g/mol. The smallest absolute Gasteiger partial charge is 0.344 e. The first-order valence-corrected chi connectivity index (χ1v) is 13.0. The summed E-state index contributed by atoms with van der Waals surface area (Å²) in [5.41, 5.74) is 1.39. The second kappa shape index (κ2) is 13.0. The van der Waals surface area contributed by atoms with Gasteiger partial charge < -0.3 is 23.9 Å². The molecule has 0 spiro atoms. The number of hydrogen-bond donors (Lipinski definition) is 1. The number of carboxylic acids is 1. The lowest BCUT2D eigenvalue weighted by atomic mass is 10.2. The summed E-state index contributed by atoms with van der Waals surface area (Å²) in [7, 11) is 1.46. The summed E-state index contributed by atoms with van der Waals surface area (Å²) in [6, 6.07) is 10.6. The number of carbonyl (C=O) groups excluding carboxylic acids is 1. The molecule has 3 rings (SSSR count). The largest absolute Gasteiger partial charge is 0.493 e. The number of benzene rings is 2. The van der Waals surface area contributed by atoms with Gasteiger partial charge in [0.25, 0.3) is 0 Å². The maximum Gasteiger partial charge on any atom is 0.344 e. The molecule has 12 heteroatoms. The normalized spacial score (nSPS) is 11.3. The van der Waals surface area contributed by atoms with Crippen LogP contribution in [-0.2, 0) is 20.9 Å². The Bertz CT molecular complexity index is 1280. The standard InChI is InChI=1S/C24H23ClIN3O6S/c1-4-29-22(15-6-8-16(25)9-7-15)27-28-24(29)36-19(23(31)32)12-14-10-17(26)21(18(11-14)33-3)35-13-20(30)34-5-2/h6-12H,4-5,13H2,1-3H3,(H,31,32)/b19-12-. The summed E-state index contributed by atoms with van der Waals surface area (Å²) in [5.74, 6) is -0.280. The molecule has 0 radical (unpaired) electrons. The number of carbonyl (C=O) groups is 2. The van der Waals surface area contributed by atoms with E-state index in [2.05, 4.69) is 10.2 Å². The van der Waals surface area contributed by atoms with Crippen molar-refractivity contribution in [1.29, 1.82) is 0 Å². The summed E-state index contributed by atoms with van der Waals surface area (Å²) in [5, 5.41) is 19.4. The lowest BCUT2D eigenvalue weighted by Crippen LogP contribution is -2.15. The van der Waals surface area contributed by atoms with Crippen molar-refractivity contribution >= 4 is 64.0 Å². The number of halogens is 2. The highest BCUT2D eigenvalue weighted by Gasteiger charge is 2.19. The second-order valence-electron chi connectivity index (χ2n) is 7.10. The lowest BCUT2D eigenvalue weighted by molar-refractivity contribution is -0.145. The molecule has 0 aliphatic carbocycles. The number of ether oxygens (including phenoxy) is 3. The van der Waals surface area contributed by atoms with Crippen LogP contribution in [0, 0.1) is 3.57 Å². The molecule has 0 amide bonds. The number of nitrogens with zero attached hydrogens (tertiary/aromatic N) is 3. The van der Waals surface area contributed by atoms with Crippen molar-refractivity contribution in [1.82, 2.24) is 14.8 Å². The SMILES string of the molecule is CCOC(=O)COc1c(I)cc(/C=C(\Sc2nnc(-c3ccc(Cl)cc3)n2CC)C(=O)O)cc1OC. The van der Waals surface area contributed by atoms with Crippen LogP contribution in [0.15, 0.2) is 46.5 Å². The van der Waals surface area contributed by atoms with Gasteiger partial charge in [-0.3, -0.25) is 0 Å². The monoisotopic (exact) mass is 643 g/mol. The number of aliphatic carboxylic acids is 1. The van der Waals surface area contributed by atoms with Crippen molar-refractivity contribution in [3.8, 4) is 22.9 Å². The van der Waals surface area contributed by atoms with Crippen LogP contribution in [0.3, 0.4) is 0 Å². The summed E-state index contributed by atoms with van der Waals surface area (Å²) in [6.07, 6.45) is 1.52. The molecule has 9 nitrogen and oxygen atoms in total. The van der Waals surface area contributed by atoms with Gasteiger partial charge in [0.1, 0.15) is 4.91 Å². The van der Waals surface area contributed by atoms with Crippen LogP contribution in [0.1, 0.15) is 19.4 Å². The molecule has 190 valence electrons. The van der Waals surface area contributed by atoms with Gasteiger partial charge in [0.05, 0.1) is 17.3 Å². The number of esters is 1. The number of methoxy groups -OCH3 is 1. The number of thioether (sulfide) groups is 1. The fourth-order valence-electron chi connectivity index (χ4n) is 3.14. The molecule has 1 aromatic heterocycles. The van der Waals surface area contributed by atoms with Crippen molar-refractivity contribution in [3.05, 3.63) is 55.5 Å². The van der Waals surface area contributed by atoms with Crippen LogP contribution < -0.4 is 9.47 Å². The highest BCUT2D eigenvalue weighted by atomic mass is 127. The Balaban J connectivity index is 1.91. The van der Waals surface area contributed by atoms with Crippen molar-refractivity contribution < 1.29 is 28.9 Å². The summed E-state index contributed by atoms with van der Waals surface area (Å²) < 4.78 is 18.4. The summed E-state index contributed by atoms with van der Waals surface area (Å²) in [6.45, 7) is 4.16. The van der Waals surface area contributed by atoms with E-state index in [-0.39, 0.29) is 18.1 Å². The third-order valence-corrected chi connectivity index (χ3v) is 6.79. The maximum atomic E-state index is 12.1. The first-order chi connectivity index (χ1) is 17.3. The Kier molecular flexibility index (Phi) is 10.0. The zero-order chi connectivity index (χ0) is 26.2. The topological polar surface area (TPSA) is 113 Å². The number of aromatic nitrogens is 3. The molecule has 2 aromatic carbocycles. The van der Waals surface area contributed by atoms with E-state index in [1.165, 1.54) is 13.2 Å². The molecular formula is C24H23ClIN3O6S. The van der Waals surface area contributed by atoms with E-state index in [4.69, 9.17) is 25.8 Å². The molecule has 1 heterocycles. The summed E-state index contributed by atoms with van der Waals surface area (Å²) >= 11 is 9.02. The average Bonchev–Trinajstić information content (AvgIpc) is 3.25. The van der Waals surface area contributed by atoms with Gasteiger partial charge in [0, 0.05) is 17.1 Å². The van der Waals surface area contributed by atoms with Crippen LogP contribution in [0.2, 0.25) is 5.02 Å². The van der Waals surface area contributed by atoms with Crippen LogP contribution in [0.5, 0.6) is 11.5 Å². The van der Waals surface area contributed by atoms with Crippen molar-refractivity contribution in [2.24, 2.45) is 0 Å². The lowest BCUT2D eigenvalue weighted by Gasteiger charge is -2.13. The number of hydrogen-bond acceptors (Lipinski definition) is 8. The van der Waals surface area contributed by atoms with Crippen LogP contribution >= 0.6 is 46.0 Å². The van der Waals surface area contributed by atoms with E-state index < -0.39 is 11.9 Å². The fourth-order valence-corrected chi connectivity index (χ4v) is 4.94. The van der Waals surface area contributed by atoms with E-state index >= 15 is 0 Å². The molecule has 0 unspecified atom stereocenters. The van der Waals surface area contributed by atoms with Crippen LogP contribution in [-0.4, -0.2) is 52.1 Å². The van der Waals surface area contributed by atoms with Crippen molar-refractivity contribution in [2.75, 3.05) is 20.3 Å². The Labute approximate surface area is 230 Å². The molecule has 0 bridgehead atoms. The first-order valence-electron chi connectivity index (χ1n) is 10.7. The Morgan fingerprint density at radius 3 is 2.53 bits per heavy atom. The number of rotatable bonds is 11. The molecule has 1 N–H and O–H groups in total. The molecule has 36 heavy (non-hydrogen) atoms. The Hall–Kier alpha value is -2.77. The molecule has 0 atom stereocenters. The molecular weight excluding hydrogens is 621 g/mol. The highest BCUT2D eigenvalue weighted by Crippen LogP contribution is 2.36. The minimum absolute atomic E-state index is 0.0396. The molecule has 0 saturated carbocycles. The minimum Gasteiger partial charge on any atom is -0.493 e. The van der Waals surface area contributed by atoms with Gasteiger partial charge in [-0.05, 0) is 96.2 Å². The number of carboxylic acid groups (broad SMARTS) is 1. The molecule has 0 fully saturated rings. The summed E-state index contributed by atoms with van der Waals surface area (Å²) in [4.78, 5) is 23.8. The minimum atomic E-state index is -1.12. The third-order valence-electron chi connectivity index (χ3n) is 4.74. The maximum absolute atomic E-state index is 12.1.